The van der Waals surface area contributed by atoms with Crippen LogP contribution in [0.4, 0.5) is 5.82 Å². The maximum Gasteiger partial charge on any atom is 0.271 e. The Morgan fingerprint density at radius 1 is 1.33 bits per heavy atom. The summed E-state index contributed by atoms with van der Waals surface area (Å²) >= 11 is 0. The van der Waals surface area contributed by atoms with Crippen LogP contribution in [0.5, 0.6) is 0 Å². The zero-order chi connectivity index (χ0) is 12.5. The van der Waals surface area contributed by atoms with Gasteiger partial charge in [-0.15, -0.1) is 4.98 Å². The van der Waals surface area contributed by atoms with Crippen LogP contribution >= 0.6 is 0 Å². The van der Waals surface area contributed by atoms with Gasteiger partial charge in [-0.25, -0.2) is 4.98 Å². The van der Waals surface area contributed by atoms with Crippen LogP contribution in [-0.2, 0) is 13.6 Å². The quantitative estimate of drug-likeness (QED) is 0.642. The standard InChI is InChI=1S/C13H11N5/c1-14-12-4-3-10-5-6-18(13(10)16-12)8-11-7-17(2)9-15-11/h3-7,9H,8H2,2H3. The molecule has 0 amide bonds. The lowest BCUT2D eigenvalue weighted by Crippen LogP contribution is -1.99. The van der Waals surface area contributed by atoms with E-state index in [1.165, 1.54) is 0 Å². The lowest BCUT2D eigenvalue weighted by Gasteiger charge is -1.99. The molecule has 88 valence electrons. The summed E-state index contributed by atoms with van der Waals surface area (Å²) in [5, 5.41) is 1.04. The smallest absolute Gasteiger partial charge is 0.271 e. The van der Waals surface area contributed by atoms with E-state index in [-0.39, 0.29) is 0 Å². The molecule has 3 heterocycles. The highest BCUT2D eigenvalue weighted by molar-refractivity contribution is 5.78. The highest BCUT2D eigenvalue weighted by Crippen LogP contribution is 2.18. The molecule has 5 heteroatoms. The van der Waals surface area contributed by atoms with Crippen molar-refractivity contribution in [2.45, 2.75) is 6.54 Å². The Kier molecular flexibility index (Phi) is 2.34. The third-order valence-corrected chi connectivity index (χ3v) is 2.80. The summed E-state index contributed by atoms with van der Waals surface area (Å²) in [5.41, 5.74) is 1.80. The molecule has 0 saturated carbocycles. The molecule has 0 radical (unpaired) electrons. The molecule has 0 fully saturated rings. The third-order valence-electron chi connectivity index (χ3n) is 2.80. The van der Waals surface area contributed by atoms with E-state index in [4.69, 9.17) is 6.57 Å². The van der Waals surface area contributed by atoms with Gasteiger partial charge in [0.2, 0.25) is 5.65 Å². The van der Waals surface area contributed by atoms with Crippen molar-refractivity contribution in [3.8, 4) is 0 Å². The minimum atomic E-state index is 0.420. The van der Waals surface area contributed by atoms with Crippen LogP contribution in [0.1, 0.15) is 5.69 Å². The predicted molar refractivity (Wildman–Crippen MR) is 68.3 cm³/mol. The number of aromatic nitrogens is 4. The van der Waals surface area contributed by atoms with Crippen molar-refractivity contribution in [1.29, 1.82) is 0 Å². The van der Waals surface area contributed by atoms with E-state index in [9.17, 15) is 0 Å². The van der Waals surface area contributed by atoms with Crippen LogP contribution in [0.15, 0.2) is 36.9 Å². The molecule has 0 atom stereocenters. The van der Waals surface area contributed by atoms with Gasteiger partial charge in [-0.2, -0.15) is 0 Å². The Bertz CT molecular complexity index is 744. The fourth-order valence-electron chi connectivity index (χ4n) is 1.96. The highest BCUT2D eigenvalue weighted by Gasteiger charge is 2.08. The number of nitrogens with zero attached hydrogens (tertiary/aromatic N) is 5. The molecule has 0 aliphatic rings. The summed E-state index contributed by atoms with van der Waals surface area (Å²) < 4.78 is 3.92. The van der Waals surface area contributed by atoms with E-state index < -0.39 is 0 Å². The van der Waals surface area contributed by atoms with Gasteiger partial charge >= 0.3 is 0 Å². The Balaban J connectivity index is 2.04. The molecule has 5 nitrogen and oxygen atoms in total. The van der Waals surface area contributed by atoms with Crippen LogP contribution in [0.25, 0.3) is 15.9 Å². The highest BCUT2D eigenvalue weighted by atomic mass is 15.1. The molecule has 0 bridgehead atoms. The lowest BCUT2D eigenvalue weighted by molar-refractivity contribution is 0.803. The van der Waals surface area contributed by atoms with Crippen molar-refractivity contribution in [1.82, 2.24) is 19.1 Å². The van der Waals surface area contributed by atoms with E-state index in [0.717, 1.165) is 16.7 Å². The van der Waals surface area contributed by atoms with E-state index in [2.05, 4.69) is 14.8 Å². The molecular weight excluding hydrogens is 226 g/mol. The zero-order valence-corrected chi connectivity index (χ0v) is 9.91. The first kappa shape index (κ1) is 10.5. The minimum absolute atomic E-state index is 0.420. The normalized spacial score (nSPS) is 10.7. The number of hydrogen-bond acceptors (Lipinski definition) is 2. The second-order valence-electron chi connectivity index (χ2n) is 4.17. The maximum atomic E-state index is 7.00. The topological polar surface area (TPSA) is 40.0 Å². The number of aryl methyl sites for hydroxylation is 1. The summed E-state index contributed by atoms with van der Waals surface area (Å²) in [6.07, 6.45) is 5.73. The zero-order valence-electron chi connectivity index (χ0n) is 9.91. The lowest BCUT2D eigenvalue weighted by atomic mass is 10.3. The van der Waals surface area contributed by atoms with E-state index >= 15 is 0 Å². The second-order valence-corrected chi connectivity index (χ2v) is 4.17. The third kappa shape index (κ3) is 1.74. The number of hydrogen-bond donors (Lipinski definition) is 0. The average molecular weight is 237 g/mol. The van der Waals surface area contributed by atoms with Gasteiger partial charge in [0.1, 0.15) is 0 Å². The molecule has 3 aromatic heterocycles. The monoisotopic (exact) mass is 237 g/mol. The summed E-state index contributed by atoms with van der Waals surface area (Å²) in [4.78, 5) is 12.0. The van der Waals surface area contributed by atoms with Gasteiger partial charge in [0.25, 0.3) is 5.82 Å². The number of imidazole rings is 1. The van der Waals surface area contributed by atoms with Crippen LogP contribution < -0.4 is 0 Å². The summed E-state index contributed by atoms with van der Waals surface area (Å²) in [6, 6.07) is 5.66. The molecule has 3 aromatic rings. The molecule has 0 unspecified atom stereocenters. The molecule has 18 heavy (non-hydrogen) atoms. The summed E-state index contributed by atoms with van der Waals surface area (Å²) in [5.74, 6) is 0.420. The Hall–Kier alpha value is -2.61. The summed E-state index contributed by atoms with van der Waals surface area (Å²) in [6.45, 7) is 7.67. The second kappa shape index (κ2) is 4.00. The van der Waals surface area contributed by atoms with E-state index in [0.29, 0.717) is 12.4 Å². The molecule has 3 rings (SSSR count). The van der Waals surface area contributed by atoms with Gasteiger partial charge in [0.05, 0.1) is 18.6 Å². The number of fused-ring (bicyclic) bond motifs is 1. The van der Waals surface area contributed by atoms with E-state index in [1.807, 2.05) is 40.7 Å². The first-order valence-corrected chi connectivity index (χ1v) is 5.56. The van der Waals surface area contributed by atoms with Crippen LogP contribution in [0, 0.1) is 6.57 Å². The Labute approximate surface area is 104 Å². The van der Waals surface area contributed by atoms with Gasteiger partial charge < -0.3 is 14.0 Å². The van der Waals surface area contributed by atoms with Crippen molar-refractivity contribution in [2.24, 2.45) is 7.05 Å². The fraction of sp³-hybridized carbons (Fsp3) is 0.154. The van der Waals surface area contributed by atoms with Crippen LogP contribution in [0.3, 0.4) is 0 Å². The SMILES string of the molecule is [C-]#[N+]c1ccc2ccn(Cc3cn(C)cn3)c2n1. The Morgan fingerprint density at radius 2 is 2.22 bits per heavy atom. The molecule has 0 saturated heterocycles. The molecule has 0 aliphatic carbocycles. The number of pyridine rings is 1. The molecule has 0 N–H and O–H groups in total. The number of rotatable bonds is 2. The van der Waals surface area contributed by atoms with Crippen molar-refractivity contribution in [3.05, 3.63) is 54.0 Å². The largest absolute Gasteiger partial charge is 0.361 e. The average Bonchev–Trinajstić information content (AvgIpc) is 2.96. The molecule has 0 aromatic carbocycles. The first-order valence-electron chi connectivity index (χ1n) is 5.56. The van der Waals surface area contributed by atoms with Gasteiger partial charge in [0.15, 0.2) is 0 Å². The van der Waals surface area contributed by atoms with Gasteiger partial charge in [-0.05, 0) is 12.1 Å². The van der Waals surface area contributed by atoms with Gasteiger partial charge in [0, 0.05) is 24.8 Å². The molecule has 0 aliphatic heterocycles. The van der Waals surface area contributed by atoms with Crippen molar-refractivity contribution in [2.75, 3.05) is 0 Å². The molecular formula is C13H11N5. The van der Waals surface area contributed by atoms with E-state index in [1.54, 1.807) is 12.4 Å². The minimum Gasteiger partial charge on any atom is -0.361 e. The van der Waals surface area contributed by atoms with Crippen LogP contribution in [-0.4, -0.2) is 19.1 Å². The van der Waals surface area contributed by atoms with Gasteiger partial charge in [-0.1, -0.05) is 12.6 Å². The van der Waals surface area contributed by atoms with Crippen molar-refractivity contribution < 1.29 is 0 Å². The van der Waals surface area contributed by atoms with Gasteiger partial charge in [-0.3, -0.25) is 0 Å². The van der Waals surface area contributed by atoms with Crippen molar-refractivity contribution >= 4 is 16.9 Å². The Morgan fingerprint density at radius 3 is 2.94 bits per heavy atom. The first-order chi connectivity index (χ1) is 8.76. The summed E-state index contributed by atoms with van der Waals surface area (Å²) in [7, 11) is 1.94. The predicted octanol–water partition coefficient (Wildman–Crippen LogP) is 2.37. The fourth-order valence-corrected chi connectivity index (χ4v) is 1.96. The maximum absolute atomic E-state index is 7.00. The van der Waals surface area contributed by atoms with Crippen molar-refractivity contribution in [3.63, 3.8) is 0 Å². The molecule has 0 spiro atoms. The van der Waals surface area contributed by atoms with Crippen LogP contribution in [0.2, 0.25) is 0 Å².